The summed E-state index contributed by atoms with van der Waals surface area (Å²) in [4.78, 5) is 15.6. The van der Waals surface area contributed by atoms with Gasteiger partial charge in [-0.3, -0.25) is 4.79 Å². The lowest BCUT2D eigenvalue weighted by atomic mass is 10.1. The van der Waals surface area contributed by atoms with Crippen molar-refractivity contribution in [3.63, 3.8) is 0 Å². The summed E-state index contributed by atoms with van der Waals surface area (Å²) in [6, 6.07) is 3.37. The van der Waals surface area contributed by atoms with Crippen molar-refractivity contribution in [2.45, 2.75) is 13.8 Å². The van der Waals surface area contributed by atoms with E-state index in [4.69, 9.17) is 11.6 Å². The molecule has 16 heavy (non-hydrogen) atoms. The smallest absolute Gasteiger partial charge is 0.228 e. The van der Waals surface area contributed by atoms with Crippen LogP contribution < -0.4 is 10.6 Å². The van der Waals surface area contributed by atoms with Crippen LogP contribution in [0.4, 0.5) is 5.69 Å². The van der Waals surface area contributed by atoms with Gasteiger partial charge in [0.1, 0.15) is 5.15 Å². The summed E-state index contributed by atoms with van der Waals surface area (Å²) in [6.45, 7) is 5.42. The van der Waals surface area contributed by atoms with E-state index >= 15 is 0 Å². The van der Waals surface area contributed by atoms with Gasteiger partial charge in [-0.25, -0.2) is 4.98 Å². The summed E-state index contributed by atoms with van der Waals surface area (Å²) in [5.41, 5.74) is 0.665. The molecule has 1 heterocycles. The second kappa shape index (κ2) is 6.45. The molecule has 0 aromatic carbocycles. The predicted molar refractivity (Wildman–Crippen MR) is 65.6 cm³/mol. The van der Waals surface area contributed by atoms with E-state index in [1.807, 2.05) is 13.8 Å². The van der Waals surface area contributed by atoms with Crippen molar-refractivity contribution in [2.75, 3.05) is 18.4 Å². The number of pyridine rings is 1. The van der Waals surface area contributed by atoms with Gasteiger partial charge in [-0.15, -0.1) is 0 Å². The third kappa shape index (κ3) is 4.16. The van der Waals surface area contributed by atoms with Crippen molar-refractivity contribution in [3.8, 4) is 0 Å². The lowest BCUT2D eigenvalue weighted by Gasteiger charge is -2.12. The average molecular weight is 242 g/mol. The first-order valence-electron chi connectivity index (χ1n) is 5.26. The van der Waals surface area contributed by atoms with Gasteiger partial charge in [-0.2, -0.15) is 0 Å². The molecule has 0 radical (unpaired) electrons. The Morgan fingerprint density at radius 3 is 2.88 bits per heavy atom. The minimum Gasteiger partial charge on any atom is -0.324 e. The summed E-state index contributed by atoms with van der Waals surface area (Å²) in [6.07, 6.45) is 1.54. The Balaban J connectivity index is 2.47. The minimum atomic E-state index is -0.0735. The maximum atomic E-state index is 11.7. The van der Waals surface area contributed by atoms with Crippen LogP contribution in [0, 0.1) is 5.92 Å². The summed E-state index contributed by atoms with van der Waals surface area (Å²) < 4.78 is 0. The van der Waals surface area contributed by atoms with E-state index in [9.17, 15) is 4.79 Å². The molecule has 0 fully saturated rings. The molecule has 1 atom stereocenters. The second-order valence-corrected chi connectivity index (χ2v) is 3.95. The molecule has 1 aromatic heterocycles. The van der Waals surface area contributed by atoms with Gasteiger partial charge < -0.3 is 10.6 Å². The highest BCUT2D eigenvalue weighted by Gasteiger charge is 2.12. The minimum absolute atomic E-state index is 0.0231. The fourth-order valence-electron chi connectivity index (χ4n) is 1.17. The van der Waals surface area contributed by atoms with Crippen molar-refractivity contribution < 1.29 is 4.79 Å². The van der Waals surface area contributed by atoms with Crippen LogP contribution in [0.2, 0.25) is 5.15 Å². The van der Waals surface area contributed by atoms with E-state index < -0.39 is 0 Å². The van der Waals surface area contributed by atoms with Gasteiger partial charge in [0.25, 0.3) is 0 Å². The fourth-order valence-corrected chi connectivity index (χ4v) is 1.28. The quantitative estimate of drug-likeness (QED) is 0.775. The summed E-state index contributed by atoms with van der Waals surface area (Å²) in [5, 5.41) is 6.32. The summed E-state index contributed by atoms with van der Waals surface area (Å²) >= 11 is 5.65. The molecular weight excluding hydrogens is 226 g/mol. The number of aromatic nitrogens is 1. The highest BCUT2D eigenvalue weighted by molar-refractivity contribution is 6.29. The molecule has 1 aromatic rings. The number of amides is 1. The molecule has 0 spiro atoms. The number of hydrogen-bond donors (Lipinski definition) is 2. The number of nitrogens with one attached hydrogen (secondary N) is 2. The van der Waals surface area contributed by atoms with Crippen molar-refractivity contribution >= 4 is 23.2 Å². The molecule has 0 bridgehead atoms. The Morgan fingerprint density at radius 2 is 2.31 bits per heavy atom. The number of anilines is 1. The zero-order valence-electron chi connectivity index (χ0n) is 9.46. The SMILES string of the molecule is CCNCC(C)C(=O)Nc1ccc(Cl)nc1. The first-order valence-corrected chi connectivity index (χ1v) is 5.64. The number of nitrogens with zero attached hydrogens (tertiary/aromatic N) is 1. The van der Waals surface area contributed by atoms with E-state index in [2.05, 4.69) is 15.6 Å². The van der Waals surface area contributed by atoms with Crippen molar-refractivity contribution in [1.82, 2.24) is 10.3 Å². The van der Waals surface area contributed by atoms with E-state index in [1.54, 1.807) is 18.3 Å². The Labute approximate surface area is 100 Å². The zero-order chi connectivity index (χ0) is 12.0. The Bertz CT molecular complexity index is 340. The van der Waals surface area contributed by atoms with Gasteiger partial charge >= 0.3 is 0 Å². The zero-order valence-corrected chi connectivity index (χ0v) is 10.2. The topological polar surface area (TPSA) is 54.0 Å². The third-order valence-corrected chi connectivity index (χ3v) is 2.37. The molecule has 1 unspecified atom stereocenters. The van der Waals surface area contributed by atoms with Crippen LogP contribution in [-0.4, -0.2) is 24.0 Å². The van der Waals surface area contributed by atoms with Crippen LogP contribution in [-0.2, 0) is 4.79 Å². The highest BCUT2D eigenvalue weighted by atomic mass is 35.5. The summed E-state index contributed by atoms with van der Waals surface area (Å²) in [5.74, 6) is -0.0966. The van der Waals surface area contributed by atoms with Crippen molar-refractivity contribution in [3.05, 3.63) is 23.5 Å². The molecule has 1 amide bonds. The maximum Gasteiger partial charge on any atom is 0.228 e. The lowest BCUT2D eigenvalue weighted by molar-refractivity contribution is -0.119. The normalized spacial score (nSPS) is 12.2. The number of carbonyl (C=O) groups is 1. The summed E-state index contributed by atoms with van der Waals surface area (Å²) in [7, 11) is 0. The molecular formula is C11H16ClN3O. The molecule has 2 N–H and O–H groups in total. The maximum absolute atomic E-state index is 11.7. The predicted octanol–water partition coefficient (Wildman–Crippen LogP) is 1.92. The van der Waals surface area contributed by atoms with E-state index in [0.717, 1.165) is 6.54 Å². The molecule has 0 aliphatic heterocycles. The number of hydrogen-bond acceptors (Lipinski definition) is 3. The first kappa shape index (κ1) is 12.9. The number of halogens is 1. The van der Waals surface area contributed by atoms with E-state index in [1.165, 1.54) is 0 Å². The van der Waals surface area contributed by atoms with Crippen molar-refractivity contribution in [2.24, 2.45) is 5.92 Å². The average Bonchev–Trinajstić information content (AvgIpc) is 2.29. The van der Waals surface area contributed by atoms with Crippen LogP contribution in [0.5, 0.6) is 0 Å². The lowest BCUT2D eigenvalue weighted by Crippen LogP contribution is -2.30. The molecule has 0 saturated carbocycles. The van der Waals surface area contributed by atoms with Gasteiger partial charge in [0, 0.05) is 12.5 Å². The highest BCUT2D eigenvalue weighted by Crippen LogP contribution is 2.10. The molecule has 1 rings (SSSR count). The Kier molecular flexibility index (Phi) is 5.22. The Morgan fingerprint density at radius 1 is 1.56 bits per heavy atom. The second-order valence-electron chi connectivity index (χ2n) is 3.57. The van der Waals surface area contributed by atoms with E-state index in [0.29, 0.717) is 17.4 Å². The molecule has 0 saturated heterocycles. The molecule has 88 valence electrons. The van der Waals surface area contributed by atoms with Gasteiger partial charge in [0.05, 0.1) is 11.9 Å². The first-order chi connectivity index (χ1) is 7.63. The van der Waals surface area contributed by atoms with Crippen LogP contribution in [0.1, 0.15) is 13.8 Å². The molecule has 0 aliphatic carbocycles. The molecule has 5 heteroatoms. The van der Waals surface area contributed by atoms with Crippen LogP contribution in [0.3, 0.4) is 0 Å². The van der Waals surface area contributed by atoms with Crippen molar-refractivity contribution in [1.29, 1.82) is 0 Å². The monoisotopic (exact) mass is 241 g/mol. The third-order valence-electron chi connectivity index (χ3n) is 2.14. The Hall–Kier alpha value is -1.13. The van der Waals surface area contributed by atoms with Gasteiger partial charge in [-0.1, -0.05) is 25.4 Å². The number of carbonyl (C=O) groups excluding carboxylic acids is 1. The van der Waals surface area contributed by atoms with E-state index in [-0.39, 0.29) is 11.8 Å². The van der Waals surface area contributed by atoms with Crippen LogP contribution >= 0.6 is 11.6 Å². The van der Waals surface area contributed by atoms with Gasteiger partial charge in [0.2, 0.25) is 5.91 Å². The fraction of sp³-hybridized carbons (Fsp3) is 0.455. The largest absolute Gasteiger partial charge is 0.324 e. The number of rotatable bonds is 5. The standard InChI is InChI=1S/C11H16ClN3O/c1-3-13-6-8(2)11(16)15-9-4-5-10(12)14-7-9/h4-5,7-8,13H,3,6H2,1-2H3,(H,15,16). The van der Waals surface area contributed by atoms with Gasteiger partial charge in [-0.05, 0) is 18.7 Å². The van der Waals surface area contributed by atoms with Gasteiger partial charge in [0.15, 0.2) is 0 Å². The molecule has 0 aliphatic rings. The van der Waals surface area contributed by atoms with Crippen LogP contribution in [0.25, 0.3) is 0 Å². The van der Waals surface area contributed by atoms with Crippen LogP contribution in [0.15, 0.2) is 18.3 Å². The molecule has 4 nitrogen and oxygen atoms in total.